The fourth-order valence-electron chi connectivity index (χ4n) is 3.80. The highest BCUT2D eigenvalue weighted by atomic mass is 35.5. The monoisotopic (exact) mass is 411 g/mol. The number of hydrogen-bond donors (Lipinski definition) is 2. The molecule has 0 radical (unpaired) electrons. The summed E-state index contributed by atoms with van der Waals surface area (Å²) >= 11 is 0. The van der Waals surface area contributed by atoms with E-state index in [1.165, 1.54) is 0 Å². The fourth-order valence-corrected chi connectivity index (χ4v) is 3.80. The second-order valence-electron chi connectivity index (χ2n) is 7.91. The molecule has 1 aliphatic rings. The van der Waals surface area contributed by atoms with E-state index in [-0.39, 0.29) is 30.9 Å². The third-order valence-corrected chi connectivity index (χ3v) is 5.36. The quantitative estimate of drug-likeness (QED) is 0.719. The van der Waals surface area contributed by atoms with E-state index in [4.69, 9.17) is 5.11 Å². The number of anilines is 1. The number of carboxylic acid groups (broad SMARTS) is 1. The van der Waals surface area contributed by atoms with Gasteiger partial charge in [0.05, 0.1) is 13.1 Å². The number of hydrogen-bond acceptors (Lipinski definition) is 4. The Morgan fingerprint density at radius 1 is 1.29 bits per heavy atom. The van der Waals surface area contributed by atoms with Crippen LogP contribution >= 0.6 is 12.4 Å². The number of carbonyl (C=O) groups excluding carboxylic acids is 1. The van der Waals surface area contributed by atoms with Crippen molar-refractivity contribution >= 4 is 30.0 Å². The van der Waals surface area contributed by atoms with Gasteiger partial charge < -0.3 is 10.4 Å². The van der Waals surface area contributed by atoms with E-state index in [0.29, 0.717) is 12.5 Å². The number of benzene rings is 1. The van der Waals surface area contributed by atoms with Gasteiger partial charge in [0.1, 0.15) is 0 Å². The topological polar surface area (TPSA) is 72.9 Å². The molecule has 0 aliphatic carbocycles. The molecule has 158 valence electrons. The Kier molecular flexibility index (Phi) is 9.93. The maximum absolute atomic E-state index is 12.6. The van der Waals surface area contributed by atoms with Crippen molar-refractivity contribution in [2.45, 2.75) is 52.0 Å². The van der Waals surface area contributed by atoms with Crippen molar-refractivity contribution < 1.29 is 14.7 Å². The molecule has 1 unspecified atom stereocenters. The van der Waals surface area contributed by atoms with Gasteiger partial charge in [0.2, 0.25) is 5.91 Å². The Labute approximate surface area is 174 Å². The first kappa shape index (κ1) is 24.4. The highest BCUT2D eigenvalue weighted by Crippen LogP contribution is 2.27. The van der Waals surface area contributed by atoms with Gasteiger partial charge in [-0.05, 0) is 56.8 Å². The summed E-state index contributed by atoms with van der Waals surface area (Å²) in [6.07, 6.45) is 2.83. The number of carboxylic acids is 1. The molecule has 1 fully saturated rings. The maximum Gasteiger partial charge on any atom is 0.317 e. The number of amides is 1. The second-order valence-corrected chi connectivity index (χ2v) is 7.91. The van der Waals surface area contributed by atoms with Gasteiger partial charge in [-0.2, -0.15) is 0 Å². The SMILES string of the molecule is Cc1cccc(C(C)C)c1NC(=O)CN1CCCC(N(C)CC(=O)O)CC1.Cl. The third kappa shape index (κ3) is 7.08. The van der Waals surface area contributed by atoms with Gasteiger partial charge >= 0.3 is 5.97 Å². The van der Waals surface area contributed by atoms with E-state index in [1.54, 1.807) is 0 Å². The summed E-state index contributed by atoms with van der Waals surface area (Å²) in [5.41, 5.74) is 3.18. The molecule has 1 aromatic rings. The van der Waals surface area contributed by atoms with Crippen molar-refractivity contribution in [3.05, 3.63) is 29.3 Å². The molecule has 2 N–H and O–H groups in total. The number of rotatable bonds is 7. The maximum atomic E-state index is 12.6. The van der Waals surface area contributed by atoms with Crippen LogP contribution in [0, 0.1) is 6.92 Å². The molecular formula is C21H34ClN3O3. The number of likely N-dealkylation sites (N-methyl/N-ethyl adjacent to an activating group) is 1. The summed E-state index contributed by atoms with van der Waals surface area (Å²) in [7, 11) is 1.87. The highest BCUT2D eigenvalue weighted by molar-refractivity contribution is 5.94. The predicted octanol–water partition coefficient (Wildman–Crippen LogP) is 3.35. The fraction of sp³-hybridized carbons (Fsp3) is 0.619. The van der Waals surface area contributed by atoms with Crippen molar-refractivity contribution in [2.75, 3.05) is 38.5 Å². The number of para-hydroxylation sites is 1. The summed E-state index contributed by atoms with van der Waals surface area (Å²) in [4.78, 5) is 27.6. The number of aliphatic carboxylic acids is 1. The Morgan fingerprint density at radius 3 is 2.64 bits per heavy atom. The summed E-state index contributed by atoms with van der Waals surface area (Å²) < 4.78 is 0. The lowest BCUT2D eigenvalue weighted by Gasteiger charge is -2.25. The number of likely N-dealkylation sites (tertiary alicyclic amines) is 1. The van der Waals surface area contributed by atoms with Crippen molar-refractivity contribution in [2.24, 2.45) is 0 Å². The molecule has 0 spiro atoms. The Bertz CT molecular complexity index is 666. The molecule has 1 saturated heterocycles. The summed E-state index contributed by atoms with van der Waals surface area (Å²) in [5.74, 6) is -0.426. The first-order valence-electron chi connectivity index (χ1n) is 9.81. The minimum Gasteiger partial charge on any atom is -0.480 e. The number of nitrogens with zero attached hydrogens (tertiary/aromatic N) is 2. The minimum absolute atomic E-state index is 0. The molecule has 6 nitrogen and oxygen atoms in total. The van der Waals surface area contributed by atoms with Gasteiger partial charge in [0.15, 0.2) is 0 Å². The van der Waals surface area contributed by atoms with Crippen LogP contribution in [-0.2, 0) is 9.59 Å². The largest absolute Gasteiger partial charge is 0.480 e. The molecule has 0 bridgehead atoms. The van der Waals surface area contributed by atoms with Crippen molar-refractivity contribution in [3.63, 3.8) is 0 Å². The smallest absolute Gasteiger partial charge is 0.317 e. The first-order valence-corrected chi connectivity index (χ1v) is 9.81. The van der Waals surface area contributed by atoms with Gasteiger partial charge in [-0.1, -0.05) is 32.0 Å². The van der Waals surface area contributed by atoms with Crippen LogP contribution in [0.5, 0.6) is 0 Å². The van der Waals surface area contributed by atoms with Crippen LogP contribution in [0.15, 0.2) is 18.2 Å². The Balaban J connectivity index is 0.00000392. The first-order chi connectivity index (χ1) is 12.8. The van der Waals surface area contributed by atoms with E-state index in [9.17, 15) is 9.59 Å². The summed E-state index contributed by atoms with van der Waals surface area (Å²) in [5, 5.41) is 12.1. The van der Waals surface area contributed by atoms with Gasteiger partial charge in [-0.25, -0.2) is 0 Å². The van der Waals surface area contributed by atoms with E-state index in [0.717, 1.165) is 49.2 Å². The van der Waals surface area contributed by atoms with Crippen LogP contribution in [0.25, 0.3) is 0 Å². The number of carbonyl (C=O) groups is 2. The molecule has 1 aliphatic heterocycles. The number of nitrogens with one attached hydrogen (secondary N) is 1. The van der Waals surface area contributed by atoms with E-state index in [2.05, 4.69) is 30.1 Å². The van der Waals surface area contributed by atoms with Gasteiger partial charge in [0, 0.05) is 18.3 Å². The lowest BCUT2D eigenvalue weighted by Crippen LogP contribution is -2.37. The molecule has 0 aromatic heterocycles. The lowest BCUT2D eigenvalue weighted by molar-refractivity contribution is -0.138. The zero-order valence-electron chi connectivity index (χ0n) is 17.4. The predicted molar refractivity (Wildman–Crippen MR) is 115 cm³/mol. The van der Waals surface area contributed by atoms with Crippen LogP contribution in [0.3, 0.4) is 0 Å². The van der Waals surface area contributed by atoms with E-state index in [1.807, 2.05) is 31.0 Å². The number of halogens is 1. The van der Waals surface area contributed by atoms with Crippen molar-refractivity contribution in [1.29, 1.82) is 0 Å². The van der Waals surface area contributed by atoms with Gasteiger partial charge in [0.25, 0.3) is 0 Å². The molecule has 1 aromatic carbocycles. The van der Waals surface area contributed by atoms with Crippen molar-refractivity contribution in [1.82, 2.24) is 9.80 Å². The van der Waals surface area contributed by atoms with Crippen LogP contribution in [0.1, 0.15) is 50.2 Å². The van der Waals surface area contributed by atoms with E-state index < -0.39 is 5.97 Å². The van der Waals surface area contributed by atoms with Crippen LogP contribution in [-0.4, -0.2) is 66.1 Å². The summed E-state index contributed by atoms with van der Waals surface area (Å²) in [6, 6.07) is 6.39. The van der Waals surface area contributed by atoms with E-state index >= 15 is 0 Å². The van der Waals surface area contributed by atoms with Gasteiger partial charge in [-0.3, -0.25) is 19.4 Å². The molecule has 1 amide bonds. The molecule has 1 heterocycles. The van der Waals surface area contributed by atoms with Crippen LogP contribution < -0.4 is 5.32 Å². The Hall–Kier alpha value is -1.63. The van der Waals surface area contributed by atoms with Crippen molar-refractivity contribution in [3.8, 4) is 0 Å². The molecule has 28 heavy (non-hydrogen) atoms. The summed E-state index contributed by atoms with van der Waals surface area (Å²) in [6.45, 7) is 8.41. The highest BCUT2D eigenvalue weighted by Gasteiger charge is 2.23. The standard InChI is InChI=1S/C21H33N3O3.ClH/c1-15(2)18-9-5-7-16(3)21(18)22-19(25)13-24-11-6-8-17(10-12-24)23(4)14-20(26)27;/h5,7,9,15,17H,6,8,10-14H2,1-4H3,(H,22,25)(H,26,27);1H. The minimum atomic E-state index is -0.794. The second kappa shape index (κ2) is 11.4. The van der Waals surface area contributed by atoms with Crippen LogP contribution in [0.4, 0.5) is 5.69 Å². The average Bonchev–Trinajstić information content (AvgIpc) is 2.81. The molecule has 2 rings (SSSR count). The third-order valence-electron chi connectivity index (χ3n) is 5.36. The lowest BCUT2D eigenvalue weighted by atomic mass is 9.98. The zero-order valence-corrected chi connectivity index (χ0v) is 18.2. The molecular weight excluding hydrogens is 378 g/mol. The Morgan fingerprint density at radius 2 is 2.00 bits per heavy atom. The normalized spacial score (nSPS) is 17.9. The average molecular weight is 412 g/mol. The van der Waals surface area contributed by atoms with Gasteiger partial charge in [-0.15, -0.1) is 12.4 Å². The zero-order chi connectivity index (χ0) is 20.0. The molecule has 1 atom stereocenters. The van der Waals surface area contributed by atoms with Crippen LogP contribution in [0.2, 0.25) is 0 Å². The molecule has 7 heteroatoms. The number of aryl methyl sites for hydroxylation is 1. The molecule has 0 saturated carbocycles.